The molecule has 1 aliphatic heterocycles. The second kappa shape index (κ2) is 6.02. The van der Waals surface area contributed by atoms with Crippen LogP contribution in [-0.2, 0) is 4.79 Å². The molecule has 2 aliphatic rings. The summed E-state index contributed by atoms with van der Waals surface area (Å²) >= 11 is 0. The maximum Gasteiger partial charge on any atom is 0.247 e. The highest BCUT2D eigenvalue weighted by Crippen LogP contribution is 2.52. The van der Waals surface area contributed by atoms with Crippen molar-refractivity contribution in [2.24, 2.45) is 11.3 Å². The molecule has 0 aromatic carbocycles. The first-order chi connectivity index (χ1) is 13.7. The lowest BCUT2D eigenvalue weighted by molar-refractivity contribution is -0.123. The Hall–Kier alpha value is -3.47. The Morgan fingerprint density at radius 2 is 2.11 bits per heavy atom. The van der Waals surface area contributed by atoms with E-state index in [2.05, 4.69) is 21.1 Å². The van der Waals surface area contributed by atoms with Crippen LogP contribution in [0.15, 0.2) is 36.9 Å². The second-order valence-corrected chi connectivity index (χ2v) is 7.29. The summed E-state index contributed by atoms with van der Waals surface area (Å²) in [6.07, 6.45) is 9.22. The van der Waals surface area contributed by atoms with Gasteiger partial charge in [0.05, 0.1) is 36.8 Å². The number of carbonyl (C=O) groups is 1. The fourth-order valence-electron chi connectivity index (χ4n) is 4.04. The first kappa shape index (κ1) is 16.7. The molecule has 0 unspecified atom stereocenters. The Bertz CT molecular complexity index is 1110. The molecule has 1 saturated carbocycles. The van der Waals surface area contributed by atoms with Crippen molar-refractivity contribution in [3.05, 3.63) is 36.9 Å². The van der Waals surface area contributed by atoms with Gasteiger partial charge in [-0.25, -0.2) is 14.5 Å². The number of rotatable bonds is 4. The van der Waals surface area contributed by atoms with E-state index in [0.29, 0.717) is 24.5 Å². The summed E-state index contributed by atoms with van der Waals surface area (Å²) in [6.45, 7) is 0.544. The number of nitriles is 1. The van der Waals surface area contributed by atoms with Crippen LogP contribution in [0.2, 0.25) is 0 Å². The molecule has 2 fully saturated rings. The molecule has 1 atom stereocenters. The number of fused-ring (bicyclic) bond motifs is 1. The van der Waals surface area contributed by atoms with Gasteiger partial charge in [-0.05, 0) is 37.3 Å². The van der Waals surface area contributed by atoms with Crippen molar-refractivity contribution < 1.29 is 9.53 Å². The number of nitrogens with zero attached hydrogens (tertiary/aromatic N) is 6. The first-order valence-corrected chi connectivity index (χ1v) is 9.23. The van der Waals surface area contributed by atoms with Crippen molar-refractivity contribution in [2.45, 2.75) is 19.3 Å². The number of hydrogen-bond donors (Lipinski definition) is 0. The zero-order valence-corrected chi connectivity index (χ0v) is 15.4. The summed E-state index contributed by atoms with van der Waals surface area (Å²) in [5, 5.41) is 14.1. The van der Waals surface area contributed by atoms with E-state index in [-0.39, 0.29) is 11.8 Å². The lowest BCUT2D eigenvalue weighted by Crippen LogP contribution is -2.35. The summed E-state index contributed by atoms with van der Waals surface area (Å²) in [4.78, 5) is 23.5. The zero-order valence-electron chi connectivity index (χ0n) is 15.4. The van der Waals surface area contributed by atoms with E-state index in [1.807, 2.05) is 18.3 Å². The highest BCUT2D eigenvalue weighted by molar-refractivity contribution is 6.05. The van der Waals surface area contributed by atoms with Crippen molar-refractivity contribution in [3.8, 4) is 23.2 Å². The molecule has 3 aromatic rings. The number of ether oxygens (including phenoxy) is 1. The molecule has 3 aromatic heterocycles. The molecular formula is C20H18N6O2. The summed E-state index contributed by atoms with van der Waals surface area (Å²) in [5.74, 6) is 1.24. The normalized spacial score (nSPS) is 21.9. The number of anilines is 1. The molecule has 4 heterocycles. The molecule has 0 N–H and O–H groups in total. The molecule has 5 rings (SSSR count). The molecule has 1 amide bonds. The minimum atomic E-state index is -0.866. The first-order valence-electron chi connectivity index (χ1n) is 9.23. The van der Waals surface area contributed by atoms with E-state index in [4.69, 9.17) is 4.74 Å². The minimum absolute atomic E-state index is 0.0888. The number of aromatic nitrogens is 4. The van der Waals surface area contributed by atoms with Crippen LogP contribution >= 0.6 is 0 Å². The van der Waals surface area contributed by atoms with Gasteiger partial charge in [0, 0.05) is 24.5 Å². The predicted octanol–water partition coefficient (Wildman–Crippen LogP) is 2.46. The Morgan fingerprint density at radius 3 is 2.79 bits per heavy atom. The van der Waals surface area contributed by atoms with Crippen molar-refractivity contribution in [3.63, 3.8) is 0 Å². The summed E-state index contributed by atoms with van der Waals surface area (Å²) < 4.78 is 6.82. The zero-order chi connectivity index (χ0) is 19.3. The van der Waals surface area contributed by atoms with Crippen LogP contribution in [0.5, 0.6) is 5.75 Å². The third-order valence-electron chi connectivity index (χ3n) is 5.73. The smallest absolute Gasteiger partial charge is 0.247 e. The Labute approximate surface area is 161 Å². The largest absolute Gasteiger partial charge is 0.494 e. The van der Waals surface area contributed by atoms with Gasteiger partial charge >= 0.3 is 0 Å². The molecule has 1 saturated heterocycles. The third-order valence-corrected chi connectivity index (χ3v) is 5.73. The molecular weight excluding hydrogens is 356 g/mol. The molecule has 28 heavy (non-hydrogen) atoms. The lowest BCUT2D eigenvalue weighted by Gasteiger charge is -2.21. The quantitative estimate of drug-likeness (QED) is 0.696. The highest BCUT2D eigenvalue weighted by Gasteiger charge is 2.56. The number of methoxy groups -OCH3 is 1. The van der Waals surface area contributed by atoms with Gasteiger partial charge in [0.2, 0.25) is 5.91 Å². The van der Waals surface area contributed by atoms with Crippen molar-refractivity contribution in [1.29, 1.82) is 5.26 Å². The minimum Gasteiger partial charge on any atom is -0.494 e. The van der Waals surface area contributed by atoms with Crippen LogP contribution in [0.25, 0.3) is 16.9 Å². The standard InChI is InChI=1S/C20H18N6O2/c1-28-15-9-22-18(23-10-15)13-8-17-16(4-6-24-26(17)11-13)25-7-5-20(12-21,19(25)27)14-2-3-14/h4,6,8-11,14H,2-3,5,7H2,1H3/t20-/m1/s1. The molecule has 140 valence electrons. The van der Waals surface area contributed by atoms with Crippen LogP contribution in [0.3, 0.4) is 0 Å². The molecule has 0 radical (unpaired) electrons. The lowest BCUT2D eigenvalue weighted by atomic mass is 9.83. The predicted molar refractivity (Wildman–Crippen MR) is 101 cm³/mol. The van der Waals surface area contributed by atoms with E-state index in [1.54, 1.807) is 35.1 Å². The van der Waals surface area contributed by atoms with Gasteiger partial charge in [0.15, 0.2) is 11.6 Å². The van der Waals surface area contributed by atoms with Crippen LogP contribution in [0.4, 0.5) is 5.69 Å². The van der Waals surface area contributed by atoms with Crippen LogP contribution in [-0.4, -0.2) is 39.1 Å². The number of hydrogen-bond acceptors (Lipinski definition) is 6. The van der Waals surface area contributed by atoms with E-state index >= 15 is 0 Å². The Balaban J connectivity index is 1.55. The van der Waals surface area contributed by atoms with Gasteiger partial charge in [-0.3, -0.25) is 4.79 Å². The average molecular weight is 374 g/mol. The van der Waals surface area contributed by atoms with Crippen molar-refractivity contribution in [2.75, 3.05) is 18.6 Å². The maximum absolute atomic E-state index is 13.2. The highest BCUT2D eigenvalue weighted by atomic mass is 16.5. The summed E-state index contributed by atoms with van der Waals surface area (Å²) in [5.41, 5.74) is 1.48. The summed E-state index contributed by atoms with van der Waals surface area (Å²) in [7, 11) is 1.57. The van der Waals surface area contributed by atoms with E-state index in [9.17, 15) is 10.1 Å². The van der Waals surface area contributed by atoms with Crippen molar-refractivity contribution >= 4 is 17.1 Å². The monoisotopic (exact) mass is 374 g/mol. The van der Waals surface area contributed by atoms with Gasteiger partial charge in [-0.1, -0.05) is 0 Å². The number of amides is 1. The van der Waals surface area contributed by atoms with E-state index in [0.717, 1.165) is 29.6 Å². The Kier molecular flexibility index (Phi) is 3.59. The van der Waals surface area contributed by atoms with E-state index < -0.39 is 5.41 Å². The Morgan fingerprint density at radius 1 is 1.32 bits per heavy atom. The topological polar surface area (TPSA) is 96.4 Å². The van der Waals surface area contributed by atoms with Crippen LogP contribution in [0, 0.1) is 22.7 Å². The van der Waals surface area contributed by atoms with Gasteiger partial charge < -0.3 is 9.64 Å². The van der Waals surface area contributed by atoms with Crippen LogP contribution in [0.1, 0.15) is 19.3 Å². The summed E-state index contributed by atoms with van der Waals surface area (Å²) in [6, 6.07) is 6.08. The molecule has 8 nitrogen and oxygen atoms in total. The fourth-order valence-corrected chi connectivity index (χ4v) is 4.04. The van der Waals surface area contributed by atoms with Gasteiger partial charge in [0.25, 0.3) is 0 Å². The van der Waals surface area contributed by atoms with Gasteiger partial charge in [0.1, 0.15) is 5.41 Å². The maximum atomic E-state index is 13.2. The van der Waals surface area contributed by atoms with Crippen LogP contribution < -0.4 is 9.64 Å². The molecule has 8 heteroatoms. The van der Waals surface area contributed by atoms with Gasteiger partial charge in [-0.15, -0.1) is 0 Å². The number of carbonyl (C=O) groups excluding carboxylic acids is 1. The van der Waals surface area contributed by atoms with E-state index in [1.165, 1.54) is 0 Å². The molecule has 0 bridgehead atoms. The SMILES string of the molecule is COc1cnc(-c2cc3c(N4CC[C@@](C#N)(C5CC5)C4=O)ccnn3c2)nc1. The average Bonchev–Trinajstić information content (AvgIpc) is 3.40. The fraction of sp³-hybridized carbons (Fsp3) is 0.350. The molecule has 1 aliphatic carbocycles. The van der Waals surface area contributed by atoms with Gasteiger partial charge in [-0.2, -0.15) is 10.4 Å². The third kappa shape index (κ3) is 2.36. The molecule has 0 spiro atoms. The van der Waals surface area contributed by atoms with Crippen molar-refractivity contribution in [1.82, 2.24) is 19.6 Å². The second-order valence-electron chi connectivity index (χ2n) is 7.29.